The molecule has 112 valence electrons. The van der Waals surface area contributed by atoms with E-state index in [-0.39, 0.29) is 0 Å². The van der Waals surface area contributed by atoms with Crippen molar-refractivity contribution in [3.63, 3.8) is 0 Å². The summed E-state index contributed by atoms with van der Waals surface area (Å²) in [5, 5.41) is 0. The molecule has 2 heteroatoms. The monoisotopic (exact) mass is 276 g/mol. The summed E-state index contributed by atoms with van der Waals surface area (Å²) in [5.41, 5.74) is 1.45. The number of quaternary nitrogens is 1. The van der Waals surface area contributed by atoms with Crippen molar-refractivity contribution in [1.29, 1.82) is 0 Å². The lowest BCUT2D eigenvalue weighted by molar-refractivity contribution is -0.944. The third kappa shape index (κ3) is 4.52. The molecule has 0 amide bonds. The van der Waals surface area contributed by atoms with Gasteiger partial charge in [-0.1, -0.05) is 20.3 Å². The maximum absolute atomic E-state index is 5.73. The molecule has 1 heterocycles. The first-order valence-corrected chi connectivity index (χ1v) is 8.39. The van der Waals surface area contributed by atoms with Crippen LogP contribution in [0.2, 0.25) is 0 Å². The highest BCUT2D eigenvalue weighted by Gasteiger charge is 2.24. The van der Waals surface area contributed by atoms with Crippen LogP contribution in [0.3, 0.4) is 0 Å². The van der Waals surface area contributed by atoms with Crippen molar-refractivity contribution < 1.29 is 9.64 Å². The zero-order valence-corrected chi connectivity index (χ0v) is 13.2. The highest BCUT2D eigenvalue weighted by molar-refractivity contribution is 5.26. The fraction of sp³-hybridized carbons (Fsp3) is 0.667. The van der Waals surface area contributed by atoms with Gasteiger partial charge in [0.2, 0.25) is 0 Å². The Morgan fingerprint density at radius 1 is 1.15 bits per heavy atom. The molecular formula is C18H30NO+. The van der Waals surface area contributed by atoms with E-state index in [0.717, 1.165) is 24.8 Å². The van der Waals surface area contributed by atoms with Crippen LogP contribution in [0.15, 0.2) is 24.3 Å². The summed E-state index contributed by atoms with van der Waals surface area (Å²) in [6.45, 7) is 7.88. The molecule has 1 saturated heterocycles. The first-order chi connectivity index (χ1) is 9.83. The maximum Gasteiger partial charge on any atom is 0.119 e. The molecule has 1 fully saturated rings. The van der Waals surface area contributed by atoms with Crippen LogP contribution in [0.5, 0.6) is 5.75 Å². The Morgan fingerprint density at radius 2 is 1.95 bits per heavy atom. The van der Waals surface area contributed by atoms with Gasteiger partial charge in [-0.3, -0.25) is 0 Å². The number of hydrogen-bond donors (Lipinski definition) is 1. The second-order valence-corrected chi connectivity index (χ2v) is 6.03. The van der Waals surface area contributed by atoms with E-state index in [4.69, 9.17) is 4.74 Å². The molecule has 0 bridgehead atoms. The van der Waals surface area contributed by atoms with Crippen molar-refractivity contribution in [3.8, 4) is 5.75 Å². The SMILES string of the molecule is CCCCOc1ccc(C[NH+]2CCCC[C@@H]2CC)cc1. The van der Waals surface area contributed by atoms with E-state index < -0.39 is 0 Å². The lowest BCUT2D eigenvalue weighted by atomic mass is 9.99. The highest BCUT2D eigenvalue weighted by atomic mass is 16.5. The number of rotatable bonds is 7. The van der Waals surface area contributed by atoms with Crippen molar-refractivity contribution in [2.24, 2.45) is 0 Å². The van der Waals surface area contributed by atoms with E-state index in [1.165, 1.54) is 50.8 Å². The smallest absolute Gasteiger partial charge is 0.119 e. The number of ether oxygens (including phenoxy) is 1. The Bertz CT molecular complexity index is 374. The summed E-state index contributed by atoms with van der Waals surface area (Å²) in [6.07, 6.45) is 7.86. The van der Waals surface area contributed by atoms with Gasteiger partial charge in [-0.15, -0.1) is 0 Å². The van der Waals surface area contributed by atoms with Crippen molar-refractivity contribution in [1.82, 2.24) is 0 Å². The molecule has 1 aliphatic rings. The van der Waals surface area contributed by atoms with Crippen molar-refractivity contribution in [2.45, 2.75) is 65.0 Å². The van der Waals surface area contributed by atoms with Crippen molar-refractivity contribution in [2.75, 3.05) is 13.2 Å². The van der Waals surface area contributed by atoms with Gasteiger partial charge in [0, 0.05) is 5.56 Å². The Hall–Kier alpha value is -1.02. The van der Waals surface area contributed by atoms with Crippen LogP contribution in [-0.4, -0.2) is 19.2 Å². The van der Waals surface area contributed by atoms with Crippen LogP contribution in [0.4, 0.5) is 0 Å². The van der Waals surface area contributed by atoms with Gasteiger partial charge in [-0.2, -0.15) is 0 Å². The van der Waals surface area contributed by atoms with Gasteiger partial charge in [0.15, 0.2) is 0 Å². The number of nitrogens with one attached hydrogen (secondary N) is 1. The predicted octanol–water partition coefficient (Wildman–Crippen LogP) is 3.21. The van der Waals surface area contributed by atoms with E-state index in [0.29, 0.717) is 0 Å². The summed E-state index contributed by atoms with van der Waals surface area (Å²) >= 11 is 0. The molecule has 1 unspecified atom stereocenters. The third-order valence-corrected chi connectivity index (χ3v) is 4.49. The van der Waals surface area contributed by atoms with Crippen LogP contribution in [0.25, 0.3) is 0 Å². The minimum absolute atomic E-state index is 0.838. The summed E-state index contributed by atoms with van der Waals surface area (Å²) in [7, 11) is 0. The lowest BCUT2D eigenvalue weighted by Gasteiger charge is -2.32. The number of hydrogen-bond acceptors (Lipinski definition) is 1. The van der Waals surface area contributed by atoms with Gasteiger partial charge < -0.3 is 9.64 Å². The Kier molecular flexibility index (Phi) is 6.38. The third-order valence-electron chi connectivity index (χ3n) is 4.49. The van der Waals surface area contributed by atoms with Crippen LogP contribution in [0, 0.1) is 0 Å². The molecule has 0 radical (unpaired) electrons. The minimum Gasteiger partial charge on any atom is -0.494 e. The first kappa shape index (κ1) is 15.4. The molecule has 20 heavy (non-hydrogen) atoms. The standard InChI is InChI=1S/C18H29NO/c1-3-5-14-20-18-11-9-16(10-12-18)15-19-13-7-6-8-17(19)4-2/h9-12,17H,3-8,13-15H2,1-2H3/p+1/t17-/m0/s1. The molecule has 0 aromatic heterocycles. The van der Waals surface area contributed by atoms with E-state index in [2.05, 4.69) is 38.1 Å². The second kappa shape index (κ2) is 8.31. The van der Waals surface area contributed by atoms with Crippen molar-refractivity contribution in [3.05, 3.63) is 29.8 Å². The average molecular weight is 276 g/mol. The zero-order chi connectivity index (χ0) is 14.2. The maximum atomic E-state index is 5.73. The summed E-state index contributed by atoms with van der Waals surface area (Å²) < 4.78 is 5.73. The topological polar surface area (TPSA) is 13.7 Å². The van der Waals surface area contributed by atoms with Gasteiger partial charge in [0.1, 0.15) is 12.3 Å². The summed E-state index contributed by atoms with van der Waals surface area (Å²) in [4.78, 5) is 1.78. The predicted molar refractivity (Wildman–Crippen MR) is 84.3 cm³/mol. The van der Waals surface area contributed by atoms with Crippen molar-refractivity contribution >= 4 is 0 Å². The minimum atomic E-state index is 0.838. The van der Waals surface area contributed by atoms with Gasteiger partial charge in [-0.25, -0.2) is 0 Å². The first-order valence-electron chi connectivity index (χ1n) is 8.39. The van der Waals surface area contributed by atoms with E-state index in [9.17, 15) is 0 Å². The molecule has 1 aromatic rings. The molecule has 0 saturated carbocycles. The normalized spacial score (nSPS) is 22.7. The Balaban J connectivity index is 1.86. The molecule has 0 aliphatic carbocycles. The van der Waals surface area contributed by atoms with Crippen LogP contribution < -0.4 is 9.64 Å². The van der Waals surface area contributed by atoms with E-state index >= 15 is 0 Å². The van der Waals surface area contributed by atoms with Crippen LogP contribution in [-0.2, 0) is 6.54 Å². The van der Waals surface area contributed by atoms with E-state index in [1.807, 2.05) is 0 Å². The fourth-order valence-corrected chi connectivity index (χ4v) is 3.18. The van der Waals surface area contributed by atoms with Gasteiger partial charge in [0.05, 0.1) is 19.2 Å². The fourth-order valence-electron chi connectivity index (χ4n) is 3.18. The molecular weight excluding hydrogens is 246 g/mol. The molecule has 1 aliphatic heterocycles. The van der Waals surface area contributed by atoms with Gasteiger partial charge >= 0.3 is 0 Å². The van der Waals surface area contributed by atoms with Gasteiger partial charge in [-0.05, 0) is 56.4 Å². The highest BCUT2D eigenvalue weighted by Crippen LogP contribution is 2.13. The number of unbranched alkanes of at least 4 members (excludes halogenated alkanes) is 1. The lowest BCUT2D eigenvalue weighted by Crippen LogP contribution is -3.15. The molecule has 1 aromatic carbocycles. The Morgan fingerprint density at radius 3 is 2.65 bits per heavy atom. The summed E-state index contributed by atoms with van der Waals surface area (Å²) in [6, 6.07) is 9.62. The molecule has 2 atom stereocenters. The quantitative estimate of drug-likeness (QED) is 0.755. The average Bonchev–Trinajstić information content (AvgIpc) is 2.50. The van der Waals surface area contributed by atoms with Crippen LogP contribution >= 0.6 is 0 Å². The van der Waals surface area contributed by atoms with E-state index in [1.54, 1.807) is 4.90 Å². The summed E-state index contributed by atoms with van der Waals surface area (Å²) in [5.74, 6) is 1.02. The second-order valence-electron chi connectivity index (χ2n) is 6.03. The Labute approximate surface area is 124 Å². The molecule has 1 N–H and O–H groups in total. The molecule has 2 nitrogen and oxygen atoms in total. The number of benzene rings is 1. The van der Waals surface area contributed by atoms with Gasteiger partial charge in [0.25, 0.3) is 0 Å². The van der Waals surface area contributed by atoms with Crippen LogP contribution in [0.1, 0.15) is 57.9 Å². The largest absolute Gasteiger partial charge is 0.494 e. The zero-order valence-electron chi connectivity index (χ0n) is 13.2. The number of likely N-dealkylation sites (tertiary alicyclic amines) is 1. The number of piperidine rings is 1. The molecule has 2 rings (SSSR count). The molecule has 0 spiro atoms.